The van der Waals surface area contributed by atoms with Gasteiger partial charge in [-0.3, -0.25) is 4.90 Å². The lowest BCUT2D eigenvalue weighted by Gasteiger charge is -2.29. The summed E-state index contributed by atoms with van der Waals surface area (Å²) in [5.74, 6) is -0.873. The molecule has 1 aliphatic heterocycles. The number of hydrogen-bond donors (Lipinski definition) is 1. The Labute approximate surface area is 190 Å². The van der Waals surface area contributed by atoms with Gasteiger partial charge in [-0.15, -0.1) is 0 Å². The average molecular weight is 451 g/mol. The first kappa shape index (κ1) is 21.7. The molecule has 0 aliphatic carbocycles. The number of hydrogen-bond acceptors (Lipinski definition) is 2. The summed E-state index contributed by atoms with van der Waals surface area (Å²) in [5.41, 5.74) is 4.71. The molecule has 0 saturated carbocycles. The van der Waals surface area contributed by atoms with Gasteiger partial charge >= 0.3 is 0 Å². The number of aliphatic hydroxyl groups excluding tert-OH is 1. The Kier molecular flexibility index (Phi) is 5.96. The molecule has 3 aromatic carbocycles. The maximum Gasteiger partial charge on any atom is 0.123 e. The first-order valence-electron chi connectivity index (χ1n) is 11.2. The lowest BCUT2D eigenvalue weighted by atomic mass is 10.0. The van der Waals surface area contributed by atoms with Crippen LogP contribution in [0.1, 0.15) is 35.8 Å². The Morgan fingerprint density at radius 3 is 2.24 bits per heavy atom. The maximum absolute atomic E-state index is 14.0. The van der Waals surface area contributed by atoms with Gasteiger partial charge in [0.05, 0.1) is 11.6 Å². The first-order valence-corrected chi connectivity index (χ1v) is 11.2. The number of benzene rings is 3. The standard InChI is InChI=1S/C27H25F3N2O/c28-19-5-3-18(4-6-19)27(33)2-1-14-31-15-13-23-24-16-21(30)9-12-25(24)32(26(23)17-31)22-10-7-20(29)8-11-22/h3-12,16,27,33H,1-2,13-15,17H2/t27-/m1/s1. The normalized spacial score (nSPS) is 15.0. The van der Waals surface area contributed by atoms with Crippen LogP contribution in [-0.2, 0) is 13.0 Å². The molecule has 0 bridgehead atoms. The van der Waals surface area contributed by atoms with Crippen molar-refractivity contribution in [2.45, 2.75) is 31.9 Å². The molecule has 1 aliphatic rings. The summed E-state index contributed by atoms with van der Waals surface area (Å²) in [4.78, 5) is 2.33. The molecule has 5 rings (SSSR count). The quantitative estimate of drug-likeness (QED) is 0.395. The first-order chi connectivity index (χ1) is 16.0. The van der Waals surface area contributed by atoms with Crippen molar-refractivity contribution in [3.63, 3.8) is 0 Å². The highest BCUT2D eigenvalue weighted by Crippen LogP contribution is 2.34. The summed E-state index contributed by atoms with van der Waals surface area (Å²) >= 11 is 0. The molecule has 33 heavy (non-hydrogen) atoms. The van der Waals surface area contributed by atoms with Crippen LogP contribution in [0.2, 0.25) is 0 Å². The molecule has 3 nitrogen and oxygen atoms in total. The zero-order valence-electron chi connectivity index (χ0n) is 18.1. The molecule has 0 fully saturated rings. The smallest absolute Gasteiger partial charge is 0.123 e. The summed E-state index contributed by atoms with van der Waals surface area (Å²) in [6.07, 6.45) is 1.55. The van der Waals surface area contributed by atoms with E-state index in [4.69, 9.17) is 0 Å². The zero-order valence-corrected chi connectivity index (χ0v) is 18.1. The van der Waals surface area contributed by atoms with Crippen molar-refractivity contribution in [2.24, 2.45) is 0 Å². The number of aromatic nitrogens is 1. The van der Waals surface area contributed by atoms with Gasteiger partial charge in [0.1, 0.15) is 17.5 Å². The summed E-state index contributed by atoms with van der Waals surface area (Å²) in [6, 6.07) is 17.2. The molecule has 0 saturated heterocycles. The van der Waals surface area contributed by atoms with Gasteiger partial charge in [-0.2, -0.15) is 0 Å². The number of nitrogens with zero attached hydrogens (tertiary/aromatic N) is 2. The largest absolute Gasteiger partial charge is 0.388 e. The highest BCUT2D eigenvalue weighted by atomic mass is 19.1. The van der Waals surface area contributed by atoms with Crippen LogP contribution in [0.15, 0.2) is 66.7 Å². The predicted octanol–water partition coefficient (Wildman–Crippen LogP) is 5.92. The highest BCUT2D eigenvalue weighted by Gasteiger charge is 2.25. The topological polar surface area (TPSA) is 28.4 Å². The molecular formula is C27H25F3N2O. The molecule has 1 N–H and O–H groups in total. The summed E-state index contributed by atoms with van der Waals surface area (Å²) < 4.78 is 42.8. The van der Waals surface area contributed by atoms with Crippen LogP contribution < -0.4 is 0 Å². The summed E-state index contributed by atoms with van der Waals surface area (Å²) in [5, 5.41) is 11.3. The molecule has 1 atom stereocenters. The van der Waals surface area contributed by atoms with Gasteiger partial charge in [0.15, 0.2) is 0 Å². The fourth-order valence-electron chi connectivity index (χ4n) is 4.82. The van der Waals surface area contributed by atoms with Crippen molar-refractivity contribution in [1.82, 2.24) is 9.47 Å². The van der Waals surface area contributed by atoms with Crippen molar-refractivity contribution in [1.29, 1.82) is 0 Å². The van der Waals surface area contributed by atoms with Crippen molar-refractivity contribution < 1.29 is 18.3 Å². The SMILES string of the molecule is O[C@H](CCCN1CCc2c(n(-c3ccc(F)cc3)c3ccc(F)cc23)C1)c1ccc(F)cc1. The van der Waals surface area contributed by atoms with Crippen LogP contribution in [0.4, 0.5) is 13.2 Å². The molecule has 6 heteroatoms. The van der Waals surface area contributed by atoms with Crippen molar-refractivity contribution >= 4 is 10.9 Å². The highest BCUT2D eigenvalue weighted by molar-refractivity contribution is 5.87. The molecule has 2 heterocycles. The molecular weight excluding hydrogens is 425 g/mol. The molecule has 1 aromatic heterocycles. The predicted molar refractivity (Wildman–Crippen MR) is 123 cm³/mol. The summed E-state index contributed by atoms with van der Waals surface area (Å²) in [7, 11) is 0. The second kappa shape index (κ2) is 9.04. The molecule has 0 radical (unpaired) electrons. The average Bonchev–Trinajstić information content (AvgIpc) is 3.13. The lowest BCUT2D eigenvalue weighted by molar-refractivity contribution is 0.152. The maximum atomic E-state index is 14.0. The van der Waals surface area contributed by atoms with Gasteiger partial charge in [0, 0.05) is 29.9 Å². The van der Waals surface area contributed by atoms with E-state index in [0.29, 0.717) is 13.0 Å². The van der Waals surface area contributed by atoms with Crippen molar-refractivity contribution in [3.05, 3.63) is 101 Å². The third-order valence-corrected chi connectivity index (χ3v) is 6.49. The van der Waals surface area contributed by atoms with E-state index in [1.807, 2.05) is 0 Å². The van der Waals surface area contributed by atoms with E-state index >= 15 is 0 Å². The minimum atomic E-state index is -0.625. The van der Waals surface area contributed by atoms with E-state index in [0.717, 1.165) is 59.3 Å². The fraction of sp³-hybridized carbons (Fsp3) is 0.259. The Bertz CT molecular complexity index is 1270. The van der Waals surface area contributed by atoms with Crippen molar-refractivity contribution in [3.8, 4) is 5.69 Å². The zero-order chi connectivity index (χ0) is 22.9. The molecule has 0 spiro atoms. The summed E-state index contributed by atoms with van der Waals surface area (Å²) in [6.45, 7) is 2.34. The number of fused-ring (bicyclic) bond motifs is 3. The van der Waals surface area contributed by atoms with E-state index in [9.17, 15) is 18.3 Å². The van der Waals surface area contributed by atoms with E-state index in [1.54, 1.807) is 36.4 Å². The van der Waals surface area contributed by atoms with Gasteiger partial charge < -0.3 is 9.67 Å². The van der Waals surface area contributed by atoms with Crippen LogP contribution >= 0.6 is 0 Å². The number of aliphatic hydroxyl groups is 1. The molecule has 0 amide bonds. The van der Waals surface area contributed by atoms with Gasteiger partial charge in [0.25, 0.3) is 0 Å². The Hall–Kier alpha value is -3.09. The van der Waals surface area contributed by atoms with E-state index < -0.39 is 6.10 Å². The van der Waals surface area contributed by atoms with Crippen molar-refractivity contribution in [2.75, 3.05) is 13.1 Å². The minimum absolute atomic E-state index is 0.265. The molecule has 170 valence electrons. The van der Waals surface area contributed by atoms with Crippen LogP contribution in [0.3, 0.4) is 0 Å². The Morgan fingerprint density at radius 2 is 1.52 bits per heavy atom. The lowest BCUT2D eigenvalue weighted by Crippen LogP contribution is -2.32. The van der Waals surface area contributed by atoms with Gasteiger partial charge in [0.2, 0.25) is 0 Å². The fourth-order valence-corrected chi connectivity index (χ4v) is 4.82. The second-order valence-electron chi connectivity index (χ2n) is 8.63. The van der Waals surface area contributed by atoms with Crippen LogP contribution in [0.25, 0.3) is 16.6 Å². The van der Waals surface area contributed by atoms with E-state index in [2.05, 4.69) is 9.47 Å². The third-order valence-electron chi connectivity index (χ3n) is 6.49. The number of halogens is 3. The minimum Gasteiger partial charge on any atom is -0.388 e. The Balaban J connectivity index is 1.36. The van der Waals surface area contributed by atoms with Crippen LogP contribution in [0, 0.1) is 17.5 Å². The van der Waals surface area contributed by atoms with Crippen LogP contribution in [0.5, 0.6) is 0 Å². The third kappa shape index (κ3) is 4.41. The monoisotopic (exact) mass is 450 g/mol. The van der Waals surface area contributed by atoms with E-state index in [1.165, 1.54) is 30.3 Å². The molecule has 4 aromatic rings. The second-order valence-corrected chi connectivity index (χ2v) is 8.63. The van der Waals surface area contributed by atoms with Gasteiger partial charge in [-0.1, -0.05) is 12.1 Å². The Morgan fingerprint density at radius 1 is 0.848 bits per heavy atom. The van der Waals surface area contributed by atoms with Gasteiger partial charge in [-0.25, -0.2) is 13.2 Å². The van der Waals surface area contributed by atoms with Gasteiger partial charge in [-0.05, 0) is 91.5 Å². The number of rotatable bonds is 6. The molecule has 0 unspecified atom stereocenters. The van der Waals surface area contributed by atoms with E-state index in [-0.39, 0.29) is 17.5 Å². The van der Waals surface area contributed by atoms with Crippen LogP contribution in [-0.4, -0.2) is 27.7 Å².